The molecule has 0 aliphatic carbocycles. The summed E-state index contributed by atoms with van der Waals surface area (Å²) in [5.41, 5.74) is 2.93. The zero-order valence-corrected chi connectivity index (χ0v) is 16.1. The highest BCUT2D eigenvalue weighted by atomic mass is 32.1. The summed E-state index contributed by atoms with van der Waals surface area (Å²) < 4.78 is 7.60. The number of morpholine rings is 1. The van der Waals surface area contributed by atoms with Crippen molar-refractivity contribution < 1.29 is 9.53 Å². The standard InChI is InChI=1S/C19H27N3O2S/c1-14-11-18(16(3)22(14)13-17-5-4-10-25-17)19(23)20-12-15(2)21-6-8-24-9-7-21/h4-5,10-11,15H,6-9,12-13H2,1-3H3,(H,20,23). The van der Waals surface area contributed by atoms with Crippen molar-refractivity contribution in [2.75, 3.05) is 32.8 Å². The number of nitrogens with zero attached hydrogens (tertiary/aromatic N) is 2. The minimum atomic E-state index is 0.0191. The molecule has 1 fully saturated rings. The van der Waals surface area contributed by atoms with Crippen molar-refractivity contribution in [2.24, 2.45) is 0 Å². The van der Waals surface area contributed by atoms with E-state index in [4.69, 9.17) is 4.74 Å². The maximum atomic E-state index is 12.7. The molecule has 6 heteroatoms. The topological polar surface area (TPSA) is 46.5 Å². The lowest BCUT2D eigenvalue weighted by atomic mass is 10.2. The van der Waals surface area contributed by atoms with Gasteiger partial charge >= 0.3 is 0 Å². The van der Waals surface area contributed by atoms with Gasteiger partial charge in [0.2, 0.25) is 0 Å². The Morgan fingerprint density at radius 3 is 2.80 bits per heavy atom. The van der Waals surface area contributed by atoms with Crippen molar-refractivity contribution in [2.45, 2.75) is 33.4 Å². The molecule has 1 atom stereocenters. The van der Waals surface area contributed by atoms with Crippen LogP contribution in [0.2, 0.25) is 0 Å². The first-order chi connectivity index (χ1) is 12.1. The van der Waals surface area contributed by atoms with Gasteiger partial charge in [0, 0.05) is 41.9 Å². The van der Waals surface area contributed by atoms with E-state index in [-0.39, 0.29) is 5.91 Å². The van der Waals surface area contributed by atoms with Crippen LogP contribution in [0.25, 0.3) is 0 Å². The third-order valence-corrected chi connectivity index (χ3v) is 5.80. The minimum Gasteiger partial charge on any atom is -0.379 e. The minimum absolute atomic E-state index is 0.0191. The Morgan fingerprint density at radius 1 is 1.36 bits per heavy atom. The molecule has 136 valence electrons. The molecule has 0 saturated carbocycles. The first kappa shape index (κ1) is 18.2. The lowest BCUT2D eigenvalue weighted by Crippen LogP contribution is -2.47. The molecular weight excluding hydrogens is 334 g/mol. The summed E-state index contributed by atoms with van der Waals surface area (Å²) in [6.07, 6.45) is 0. The molecular formula is C19H27N3O2S. The van der Waals surface area contributed by atoms with Crippen molar-refractivity contribution in [1.82, 2.24) is 14.8 Å². The van der Waals surface area contributed by atoms with Crippen molar-refractivity contribution in [3.8, 4) is 0 Å². The smallest absolute Gasteiger partial charge is 0.253 e. The molecule has 3 heterocycles. The van der Waals surface area contributed by atoms with Crippen molar-refractivity contribution >= 4 is 17.2 Å². The molecule has 1 unspecified atom stereocenters. The van der Waals surface area contributed by atoms with Crippen LogP contribution in [0.5, 0.6) is 0 Å². The lowest BCUT2D eigenvalue weighted by molar-refractivity contribution is 0.0204. The second-order valence-electron chi connectivity index (χ2n) is 6.66. The fourth-order valence-electron chi connectivity index (χ4n) is 3.32. The highest BCUT2D eigenvalue weighted by Crippen LogP contribution is 2.19. The van der Waals surface area contributed by atoms with Gasteiger partial charge in [0.15, 0.2) is 0 Å². The first-order valence-electron chi connectivity index (χ1n) is 8.85. The van der Waals surface area contributed by atoms with Gasteiger partial charge in [-0.15, -0.1) is 11.3 Å². The Hall–Kier alpha value is -1.63. The third-order valence-electron chi connectivity index (χ3n) is 4.94. The van der Waals surface area contributed by atoms with Crippen LogP contribution >= 0.6 is 11.3 Å². The Kier molecular flexibility index (Phi) is 5.93. The second kappa shape index (κ2) is 8.17. The Balaban J connectivity index is 1.62. The molecule has 0 aromatic carbocycles. The summed E-state index contributed by atoms with van der Waals surface area (Å²) in [7, 11) is 0. The van der Waals surface area contributed by atoms with Gasteiger partial charge in [-0.05, 0) is 38.3 Å². The number of thiophene rings is 1. The maximum Gasteiger partial charge on any atom is 0.253 e. The van der Waals surface area contributed by atoms with Crippen LogP contribution in [-0.2, 0) is 11.3 Å². The van der Waals surface area contributed by atoms with Crippen LogP contribution < -0.4 is 5.32 Å². The normalized spacial score (nSPS) is 16.8. The quantitative estimate of drug-likeness (QED) is 0.860. The molecule has 5 nitrogen and oxygen atoms in total. The number of carbonyl (C=O) groups is 1. The van der Waals surface area contributed by atoms with E-state index in [0.29, 0.717) is 12.6 Å². The zero-order valence-electron chi connectivity index (χ0n) is 15.2. The van der Waals surface area contributed by atoms with Crippen LogP contribution in [-0.4, -0.2) is 54.3 Å². The van der Waals surface area contributed by atoms with Gasteiger partial charge in [0.1, 0.15) is 0 Å². The summed E-state index contributed by atoms with van der Waals surface area (Å²) in [5.74, 6) is 0.0191. The number of carbonyl (C=O) groups excluding carboxylic acids is 1. The molecule has 3 rings (SSSR count). The van der Waals surface area contributed by atoms with Gasteiger partial charge in [-0.2, -0.15) is 0 Å². The van der Waals surface area contributed by atoms with Gasteiger partial charge in [-0.25, -0.2) is 0 Å². The number of amides is 1. The number of hydrogen-bond donors (Lipinski definition) is 1. The fourth-order valence-corrected chi connectivity index (χ4v) is 4.01. The van der Waals surface area contributed by atoms with Gasteiger partial charge in [0.05, 0.1) is 25.3 Å². The molecule has 2 aromatic rings. The van der Waals surface area contributed by atoms with Crippen LogP contribution in [0.4, 0.5) is 0 Å². The van der Waals surface area contributed by atoms with Crippen LogP contribution in [0.15, 0.2) is 23.6 Å². The van der Waals surface area contributed by atoms with Gasteiger partial charge in [-0.3, -0.25) is 9.69 Å². The zero-order chi connectivity index (χ0) is 17.8. The van der Waals surface area contributed by atoms with E-state index in [9.17, 15) is 4.79 Å². The summed E-state index contributed by atoms with van der Waals surface area (Å²) >= 11 is 1.75. The van der Waals surface area contributed by atoms with E-state index < -0.39 is 0 Å². The fraction of sp³-hybridized carbons (Fsp3) is 0.526. The van der Waals surface area contributed by atoms with Gasteiger partial charge in [0.25, 0.3) is 5.91 Å². The monoisotopic (exact) mass is 361 g/mol. The SMILES string of the molecule is Cc1cc(C(=O)NCC(C)N2CCOCC2)c(C)n1Cc1cccs1. The summed E-state index contributed by atoms with van der Waals surface area (Å²) in [6.45, 7) is 11.2. The third kappa shape index (κ3) is 4.32. The number of aryl methyl sites for hydroxylation is 1. The highest BCUT2D eigenvalue weighted by molar-refractivity contribution is 7.09. The summed E-state index contributed by atoms with van der Waals surface area (Å²) in [4.78, 5) is 16.3. The van der Waals surface area contributed by atoms with Crippen molar-refractivity contribution in [3.63, 3.8) is 0 Å². The predicted octanol–water partition coefficient (Wildman–Crippen LogP) is 2.67. The molecule has 25 heavy (non-hydrogen) atoms. The van der Waals surface area contributed by atoms with E-state index in [0.717, 1.165) is 49.8 Å². The van der Waals surface area contributed by atoms with E-state index in [1.54, 1.807) is 11.3 Å². The van der Waals surface area contributed by atoms with Crippen LogP contribution in [0, 0.1) is 13.8 Å². The van der Waals surface area contributed by atoms with E-state index in [1.807, 2.05) is 13.0 Å². The highest BCUT2D eigenvalue weighted by Gasteiger charge is 2.20. The molecule has 2 aromatic heterocycles. The van der Waals surface area contributed by atoms with Crippen molar-refractivity contribution in [3.05, 3.63) is 45.4 Å². The molecule has 0 radical (unpaired) electrons. The largest absolute Gasteiger partial charge is 0.379 e. The summed E-state index contributed by atoms with van der Waals surface area (Å²) in [6, 6.07) is 6.52. The molecule has 1 aliphatic rings. The van der Waals surface area contributed by atoms with Crippen LogP contribution in [0.3, 0.4) is 0 Å². The Morgan fingerprint density at radius 2 is 2.12 bits per heavy atom. The molecule has 1 amide bonds. The molecule has 0 bridgehead atoms. The molecule has 0 spiro atoms. The Bertz CT molecular complexity index is 703. The number of aromatic nitrogens is 1. The average Bonchev–Trinajstić information content (AvgIpc) is 3.24. The van der Waals surface area contributed by atoms with Crippen molar-refractivity contribution in [1.29, 1.82) is 0 Å². The Labute approximate surface area is 153 Å². The van der Waals surface area contributed by atoms with Crippen LogP contribution in [0.1, 0.15) is 33.5 Å². The first-order valence-corrected chi connectivity index (χ1v) is 9.73. The molecule has 1 aliphatic heterocycles. The number of hydrogen-bond acceptors (Lipinski definition) is 4. The predicted molar refractivity (Wildman–Crippen MR) is 102 cm³/mol. The van der Waals surface area contributed by atoms with Gasteiger partial charge in [-0.1, -0.05) is 6.07 Å². The van der Waals surface area contributed by atoms with E-state index >= 15 is 0 Å². The van der Waals surface area contributed by atoms with E-state index in [2.05, 4.69) is 46.1 Å². The molecule has 1 saturated heterocycles. The summed E-state index contributed by atoms with van der Waals surface area (Å²) in [5, 5.41) is 5.19. The lowest BCUT2D eigenvalue weighted by Gasteiger charge is -2.32. The van der Waals surface area contributed by atoms with E-state index in [1.165, 1.54) is 4.88 Å². The number of ether oxygens (including phenoxy) is 1. The molecule has 1 N–H and O–H groups in total. The number of rotatable bonds is 6. The number of nitrogens with one attached hydrogen (secondary N) is 1. The van der Waals surface area contributed by atoms with Gasteiger partial charge < -0.3 is 14.6 Å². The second-order valence-corrected chi connectivity index (χ2v) is 7.69. The average molecular weight is 362 g/mol. The maximum absolute atomic E-state index is 12.7.